The van der Waals surface area contributed by atoms with Crippen LogP contribution in [0.5, 0.6) is 0 Å². The fourth-order valence-electron chi connectivity index (χ4n) is 2.96. The van der Waals surface area contributed by atoms with Gasteiger partial charge in [-0.3, -0.25) is 9.59 Å². The Balaban J connectivity index is 2.20. The van der Waals surface area contributed by atoms with Crippen molar-refractivity contribution < 1.29 is 14.7 Å². The minimum atomic E-state index is -0.751. The summed E-state index contributed by atoms with van der Waals surface area (Å²) in [6.07, 6.45) is 2.46. The Morgan fingerprint density at radius 3 is 2.31 bits per heavy atom. The van der Waals surface area contributed by atoms with Gasteiger partial charge in [-0.2, -0.15) is 0 Å². The Labute approximate surface area is 95.6 Å². The van der Waals surface area contributed by atoms with Gasteiger partial charge in [0.25, 0.3) is 0 Å². The van der Waals surface area contributed by atoms with Gasteiger partial charge in [0, 0.05) is 17.5 Å². The number of carbonyl (C=O) groups is 2. The maximum Gasteiger partial charge on any atom is 0.308 e. The van der Waals surface area contributed by atoms with Gasteiger partial charge in [0.05, 0.1) is 5.92 Å². The van der Waals surface area contributed by atoms with Crippen molar-refractivity contribution in [3.05, 3.63) is 0 Å². The molecule has 0 radical (unpaired) electrons. The van der Waals surface area contributed by atoms with Gasteiger partial charge in [-0.15, -0.1) is 0 Å². The monoisotopic (exact) mass is 225 g/mol. The zero-order chi connectivity index (χ0) is 12.1. The van der Waals surface area contributed by atoms with Gasteiger partial charge in [-0.25, -0.2) is 0 Å². The van der Waals surface area contributed by atoms with Gasteiger partial charge >= 0.3 is 5.97 Å². The predicted molar refractivity (Wildman–Crippen MR) is 58.9 cm³/mol. The molecule has 0 aromatic carbocycles. The Morgan fingerprint density at radius 1 is 1.25 bits per heavy atom. The van der Waals surface area contributed by atoms with Gasteiger partial charge in [0.1, 0.15) is 0 Å². The van der Waals surface area contributed by atoms with Gasteiger partial charge in [-0.05, 0) is 19.3 Å². The second-order valence-corrected chi connectivity index (χ2v) is 5.94. The summed E-state index contributed by atoms with van der Waals surface area (Å²) in [5, 5.41) is 9.10. The average Bonchev–Trinajstić information content (AvgIpc) is 2.71. The number of carboxylic acid groups (broad SMARTS) is 1. The van der Waals surface area contributed by atoms with Crippen molar-refractivity contribution >= 4 is 11.9 Å². The number of rotatable bonds is 1. The third-order valence-corrected chi connectivity index (χ3v) is 3.73. The van der Waals surface area contributed by atoms with E-state index in [1.165, 1.54) is 0 Å². The Kier molecular flexibility index (Phi) is 2.48. The number of carboxylic acids is 1. The van der Waals surface area contributed by atoms with Gasteiger partial charge in [-0.1, -0.05) is 20.8 Å². The van der Waals surface area contributed by atoms with Crippen molar-refractivity contribution in [3.8, 4) is 0 Å². The fourth-order valence-corrected chi connectivity index (χ4v) is 2.96. The number of carbonyl (C=O) groups excluding carboxylic acids is 1. The van der Waals surface area contributed by atoms with E-state index in [9.17, 15) is 9.59 Å². The van der Waals surface area contributed by atoms with Crippen LogP contribution in [0.4, 0.5) is 0 Å². The van der Waals surface area contributed by atoms with Crippen molar-refractivity contribution in [3.63, 3.8) is 0 Å². The van der Waals surface area contributed by atoms with Crippen molar-refractivity contribution in [2.75, 3.05) is 0 Å². The zero-order valence-corrected chi connectivity index (χ0v) is 10.1. The minimum Gasteiger partial charge on any atom is -0.481 e. The van der Waals surface area contributed by atoms with E-state index in [4.69, 9.17) is 5.11 Å². The SMILES string of the molecule is CC(C)(C)C(=O)N1C2CCC1C(C(=O)O)C2. The molecule has 2 saturated heterocycles. The van der Waals surface area contributed by atoms with E-state index in [0.29, 0.717) is 6.42 Å². The highest BCUT2D eigenvalue weighted by molar-refractivity contribution is 5.84. The third kappa shape index (κ3) is 1.60. The van der Waals surface area contributed by atoms with Crippen LogP contribution in [0.2, 0.25) is 0 Å². The molecule has 2 rings (SSSR count). The lowest BCUT2D eigenvalue weighted by Gasteiger charge is -2.30. The van der Waals surface area contributed by atoms with Crippen molar-refractivity contribution in [1.82, 2.24) is 4.90 Å². The molecular weight excluding hydrogens is 206 g/mol. The van der Waals surface area contributed by atoms with Crippen LogP contribution >= 0.6 is 0 Å². The second-order valence-electron chi connectivity index (χ2n) is 5.94. The first-order valence-electron chi connectivity index (χ1n) is 5.88. The zero-order valence-electron chi connectivity index (χ0n) is 10.1. The van der Waals surface area contributed by atoms with Crippen LogP contribution in [0.3, 0.4) is 0 Å². The van der Waals surface area contributed by atoms with Crippen LogP contribution in [0, 0.1) is 11.3 Å². The lowest BCUT2D eigenvalue weighted by Crippen LogP contribution is -2.43. The molecule has 2 aliphatic rings. The molecule has 0 aromatic heterocycles. The number of hydrogen-bond acceptors (Lipinski definition) is 2. The molecule has 0 aliphatic carbocycles. The molecule has 90 valence electrons. The molecule has 4 nitrogen and oxygen atoms in total. The van der Waals surface area contributed by atoms with Crippen LogP contribution in [-0.2, 0) is 9.59 Å². The standard InChI is InChI=1S/C12H19NO3/c1-12(2,3)11(16)13-7-4-5-9(13)8(6-7)10(14)15/h7-9H,4-6H2,1-3H3,(H,14,15). The average molecular weight is 225 g/mol. The van der Waals surface area contributed by atoms with Crippen LogP contribution in [0.1, 0.15) is 40.0 Å². The van der Waals surface area contributed by atoms with Gasteiger partial charge < -0.3 is 10.0 Å². The largest absolute Gasteiger partial charge is 0.481 e. The minimum absolute atomic E-state index is 0.0609. The van der Waals surface area contributed by atoms with Crippen molar-refractivity contribution in [1.29, 1.82) is 0 Å². The maximum absolute atomic E-state index is 12.2. The number of aliphatic carboxylic acids is 1. The Bertz CT molecular complexity index is 332. The van der Waals surface area contributed by atoms with E-state index < -0.39 is 11.4 Å². The molecule has 0 spiro atoms. The number of fused-ring (bicyclic) bond motifs is 2. The predicted octanol–water partition coefficient (Wildman–Crippen LogP) is 1.50. The molecule has 16 heavy (non-hydrogen) atoms. The molecule has 1 N–H and O–H groups in total. The highest BCUT2D eigenvalue weighted by Crippen LogP contribution is 2.43. The first-order chi connectivity index (χ1) is 7.32. The van der Waals surface area contributed by atoms with E-state index in [1.807, 2.05) is 25.7 Å². The molecular formula is C12H19NO3. The first kappa shape index (κ1) is 11.4. The molecule has 0 saturated carbocycles. The van der Waals surface area contributed by atoms with E-state index in [-0.39, 0.29) is 23.9 Å². The quantitative estimate of drug-likeness (QED) is 0.735. The van der Waals surface area contributed by atoms with Crippen LogP contribution in [0.25, 0.3) is 0 Å². The number of amides is 1. The van der Waals surface area contributed by atoms with Crippen molar-refractivity contribution in [2.24, 2.45) is 11.3 Å². The van der Waals surface area contributed by atoms with E-state index >= 15 is 0 Å². The molecule has 2 bridgehead atoms. The highest BCUT2D eigenvalue weighted by atomic mass is 16.4. The molecule has 2 heterocycles. The van der Waals surface area contributed by atoms with E-state index in [1.54, 1.807) is 0 Å². The van der Waals surface area contributed by atoms with E-state index in [0.717, 1.165) is 12.8 Å². The molecule has 4 heteroatoms. The molecule has 0 aromatic rings. The summed E-state index contributed by atoms with van der Waals surface area (Å²) in [6, 6.07) is 0.104. The van der Waals surface area contributed by atoms with Gasteiger partial charge in [0.2, 0.25) is 5.91 Å². The van der Waals surface area contributed by atoms with Gasteiger partial charge in [0.15, 0.2) is 0 Å². The summed E-state index contributed by atoms with van der Waals surface area (Å²) in [6.45, 7) is 5.68. The molecule has 2 fully saturated rings. The number of nitrogens with zero attached hydrogens (tertiary/aromatic N) is 1. The second kappa shape index (κ2) is 3.47. The van der Waals surface area contributed by atoms with Crippen LogP contribution < -0.4 is 0 Å². The lowest BCUT2D eigenvalue weighted by molar-refractivity contribution is -0.144. The maximum atomic E-state index is 12.2. The lowest BCUT2D eigenvalue weighted by atomic mass is 9.89. The third-order valence-electron chi connectivity index (χ3n) is 3.73. The summed E-state index contributed by atoms with van der Waals surface area (Å²) in [7, 11) is 0. The fraction of sp³-hybridized carbons (Fsp3) is 0.833. The Morgan fingerprint density at radius 2 is 1.88 bits per heavy atom. The summed E-state index contributed by atoms with van der Waals surface area (Å²) in [5.74, 6) is -0.993. The number of hydrogen-bond donors (Lipinski definition) is 1. The summed E-state index contributed by atoms with van der Waals surface area (Å²) >= 11 is 0. The highest BCUT2D eigenvalue weighted by Gasteiger charge is 2.52. The molecule has 3 atom stereocenters. The van der Waals surface area contributed by atoms with E-state index in [2.05, 4.69) is 0 Å². The summed E-state index contributed by atoms with van der Waals surface area (Å²) in [5.41, 5.74) is -0.408. The first-order valence-corrected chi connectivity index (χ1v) is 5.88. The normalized spacial score (nSPS) is 33.2. The molecule has 2 aliphatic heterocycles. The Hall–Kier alpha value is -1.06. The summed E-state index contributed by atoms with van der Waals surface area (Å²) in [4.78, 5) is 25.1. The molecule has 1 amide bonds. The summed E-state index contributed by atoms with van der Waals surface area (Å²) < 4.78 is 0. The van der Waals surface area contributed by atoms with Crippen LogP contribution in [0.15, 0.2) is 0 Å². The van der Waals surface area contributed by atoms with Crippen molar-refractivity contribution in [2.45, 2.75) is 52.1 Å². The smallest absolute Gasteiger partial charge is 0.308 e. The molecule has 3 unspecified atom stereocenters. The topological polar surface area (TPSA) is 57.6 Å². The van der Waals surface area contributed by atoms with Crippen LogP contribution in [-0.4, -0.2) is 34.0 Å².